The van der Waals surface area contributed by atoms with Crippen LogP contribution in [0.1, 0.15) is 26.7 Å². The molecule has 1 aliphatic rings. The summed E-state index contributed by atoms with van der Waals surface area (Å²) in [6.45, 7) is 5.66. The summed E-state index contributed by atoms with van der Waals surface area (Å²) in [6, 6.07) is 8.62. The van der Waals surface area contributed by atoms with Gasteiger partial charge in [0, 0.05) is 42.9 Å². The minimum Gasteiger partial charge on any atom is -0.369 e. The van der Waals surface area contributed by atoms with Crippen molar-refractivity contribution in [2.75, 3.05) is 18.4 Å². The number of hydrogen-bond donors (Lipinski definition) is 4. The SMILES string of the molecule is CC1NNC(C)C1CNC(=O)CCCNc1ncnc2ccccc12. The number of hydrogen-bond acceptors (Lipinski definition) is 6. The van der Waals surface area contributed by atoms with Crippen molar-refractivity contribution in [1.82, 2.24) is 26.1 Å². The molecule has 134 valence electrons. The van der Waals surface area contributed by atoms with Crippen LogP contribution in [-0.2, 0) is 4.79 Å². The van der Waals surface area contributed by atoms with Crippen molar-refractivity contribution in [2.24, 2.45) is 5.92 Å². The van der Waals surface area contributed by atoms with Crippen molar-refractivity contribution in [3.05, 3.63) is 30.6 Å². The summed E-state index contributed by atoms with van der Waals surface area (Å²) in [5, 5.41) is 7.34. The molecule has 2 heterocycles. The lowest BCUT2D eigenvalue weighted by atomic mass is 9.97. The average molecular weight is 342 g/mol. The Hall–Kier alpha value is -2.25. The standard InChI is InChI=1S/C18H26N6O/c1-12-15(13(2)24-23-12)10-20-17(25)8-5-9-19-18-14-6-3-4-7-16(14)21-11-22-18/h3-4,6-7,11-13,15,23-24H,5,8-10H2,1-2H3,(H,20,25)(H,19,21,22). The third-order valence-electron chi connectivity index (χ3n) is 4.77. The predicted octanol–water partition coefficient (Wildman–Crippen LogP) is 1.44. The minimum atomic E-state index is 0.0978. The Labute approximate surface area is 148 Å². The molecule has 7 heteroatoms. The van der Waals surface area contributed by atoms with E-state index in [-0.39, 0.29) is 5.91 Å². The number of benzene rings is 1. The van der Waals surface area contributed by atoms with E-state index in [1.807, 2.05) is 24.3 Å². The predicted molar refractivity (Wildman–Crippen MR) is 99.0 cm³/mol. The van der Waals surface area contributed by atoms with Crippen molar-refractivity contribution in [1.29, 1.82) is 0 Å². The van der Waals surface area contributed by atoms with Gasteiger partial charge in [-0.2, -0.15) is 0 Å². The van der Waals surface area contributed by atoms with E-state index < -0.39 is 0 Å². The number of nitrogens with zero attached hydrogens (tertiary/aromatic N) is 2. The maximum atomic E-state index is 12.0. The van der Waals surface area contributed by atoms with Gasteiger partial charge >= 0.3 is 0 Å². The Morgan fingerprint density at radius 1 is 1.16 bits per heavy atom. The zero-order valence-electron chi connectivity index (χ0n) is 14.7. The number of hydrazine groups is 1. The molecule has 4 N–H and O–H groups in total. The first-order valence-electron chi connectivity index (χ1n) is 8.86. The van der Waals surface area contributed by atoms with Crippen LogP contribution in [0.15, 0.2) is 30.6 Å². The molecule has 1 saturated heterocycles. The summed E-state index contributed by atoms with van der Waals surface area (Å²) in [5.41, 5.74) is 7.33. The fraction of sp³-hybridized carbons (Fsp3) is 0.500. The highest BCUT2D eigenvalue weighted by Gasteiger charge is 2.29. The smallest absolute Gasteiger partial charge is 0.220 e. The molecular formula is C18H26N6O. The highest BCUT2D eigenvalue weighted by Crippen LogP contribution is 2.18. The fourth-order valence-electron chi connectivity index (χ4n) is 3.19. The summed E-state index contributed by atoms with van der Waals surface area (Å²) in [6.07, 6.45) is 2.83. The van der Waals surface area contributed by atoms with Crippen molar-refractivity contribution in [2.45, 2.75) is 38.8 Å². The first-order chi connectivity index (χ1) is 12.1. The molecule has 1 fully saturated rings. The summed E-state index contributed by atoms with van der Waals surface area (Å²) < 4.78 is 0. The normalized spacial score (nSPS) is 22.9. The van der Waals surface area contributed by atoms with E-state index in [1.54, 1.807) is 6.33 Å². The lowest BCUT2D eigenvalue weighted by molar-refractivity contribution is -0.121. The monoisotopic (exact) mass is 342 g/mol. The molecule has 1 aromatic carbocycles. The highest BCUT2D eigenvalue weighted by atomic mass is 16.1. The second-order valence-electron chi connectivity index (χ2n) is 6.60. The van der Waals surface area contributed by atoms with Crippen molar-refractivity contribution in [3.63, 3.8) is 0 Å². The van der Waals surface area contributed by atoms with E-state index in [1.165, 1.54) is 0 Å². The van der Waals surface area contributed by atoms with Crippen LogP contribution >= 0.6 is 0 Å². The molecule has 2 aromatic rings. The Kier molecular flexibility index (Phi) is 5.78. The number of carbonyl (C=O) groups is 1. The van der Waals surface area contributed by atoms with E-state index >= 15 is 0 Å². The Morgan fingerprint density at radius 2 is 1.92 bits per heavy atom. The number of fused-ring (bicyclic) bond motifs is 1. The number of nitrogens with one attached hydrogen (secondary N) is 4. The number of para-hydroxylation sites is 1. The number of anilines is 1. The van der Waals surface area contributed by atoms with Gasteiger partial charge in [-0.05, 0) is 32.4 Å². The first kappa shape index (κ1) is 17.6. The lowest BCUT2D eigenvalue weighted by Gasteiger charge is -2.18. The van der Waals surface area contributed by atoms with Crippen LogP contribution in [0.2, 0.25) is 0 Å². The summed E-state index contributed by atoms with van der Waals surface area (Å²) in [4.78, 5) is 20.6. The third kappa shape index (κ3) is 4.43. The molecule has 0 aliphatic carbocycles. The maximum Gasteiger partial charge on any atom is 0.220 e. The van der Waals surface area contributed by atoms with Crippen molar-refractivity contribution in [3.8, 4) is 0 Å². The first-order valence-corrected chi connectivity index (χ1v) is 8.86. The second-order valence-corrected chi connectivity index (χ2v) is 6.60. The van der Waals surface area contributed by atoms with E-state index in [0.29, 0.717) is 37.5 Å². The zero-order valence-corrected chi connectivity index (χ0v) is 14.7. The highest BCUT2D eigenvalue weighted by molar-refractivity contribution is 5.88. The van der Waals surface area contributed by atoms with Crippen LogP contribution < -0.4 is 21.5 Å². The maximum absolute atomic E-state index is 12.0. The topological polar surface area (TPSA) is 91.0 Å². The van der Waals surface area contributed by atoms with Gasteiger partial charge in [-0.3, -0.25) is 15.6 Å². The van der Waals surface area contributed by atoms with Crippen LogP contribution in [0.3, 0.4) is 0 Å². The van der Waals surface area contributed by atoms with Gasteiger partial charge in [0.05, 0.1) is 5.52 Å². The molecule has 1 aliphatic heterocycles. The van der Waals surface area contributed by atoms with Crippen LogP contribution in [0.4, 0.5) is 5.82 Å². The van der Waals surface area contributed by atoms with Crippen molar-refractivity contribution < 1.29 is 4.79 Å². The molecule has 25 heavy (non-hydrogen) atoms. The number of rotatable bonds is 7. The van der Waals surface area contributed by atoms with Gasteiger partial charge in [0.1, 0.15) is 12.1 Å². The van der Waals surface area contributed by atoms with E-state index in [2.05, 4.69) is 45.3 Å². The molecule has 2 unspecified atom stereocenters. The Bertz CT molecular complexity index is 706. The van der Waals surface area contributed by atoms with Gasteiger partial charge in [-0.25, -0.2) is 9.97 Å². The van der Waals surface area contributed by atoms with Gasteiger partial charge in [0.15, 0.2) is 0 Å². The Balaban J connectivity index is 1.40. The van der Waals surface area contributed by atoms with Crippen LogP contribution in [0.25, 0.3) is 10.9 Å². The average Bonchev–Trinajstić information content (AvgIpc) is 2.95. The molecule has 1 aromatic heterocycles. The van der Waals surface area contributed by atoms with Gasteiger partial charge < -0.3 is 10.6 Å². The largest absolute Gasteiger partial charge is 0.369 e. The Morgan fingerprint density at radius 3 is 2.72 bits per heavy atom. The fourth-order valence-corrected chi connectivity index (χ4v) is 3.19. The molecule has 2 atom stereocenters. The van der Waals surface area contributed by atoms with Gasteiger partial charge in [0.2, 0.25) is 5.91 Å². The number of aromatic nitrogens is 2. The summed E-state index contributed by atoms with van der Waals surface area (Å²) in [5.74, 6) is 1.33. The quantitative estimate of drug-likeness (QED) is 0.569. The second kappa shape index (κ2) is 8.22. The molecule has 0 spiro atoms. The van der Waals surface area contributed by atoms with Gasteiger partial charge in [-0.1, -0.05) is 12.1 Å². The van der Waals surface area contributed by atoms with E-state index in [9.17, 15) is 4.79 Å². The third-order valence-corrected chi connectivity index (χ3v) is 4.77. The van der Waals surface area contributed by atoms with Crippen LogP contribution in [-0.4, -0.2) is 41.0 Å². The number of amides is 1. The lowest BCUT2D eigenvalue weighted by Crippen LogP contribution is -2.37. The van der Waals surface area contributed by atoms with Gasteiger partial charge in [0.25, 0.3) is 0 Å². The van der Waals surface area contributed by atoms with Crippen LogP contribution in [0, 0.1) is 5.92 Å². The van der Waals surface area contributed by atoms with E-state index in [4.69, 9.17) is 0 Å². The molecule has 1 amide bonds. The molecule has 3 rings (SSSR count). The molecule has 0 bridgehead atoms. The zero-order chi connectivity index (χ0) is 17.6. The minimum absolute atomic E-state index is 0.0978. The van der Waals surface area contributed by atoms with Crippen molar-refractivity contribution >= 4 is 22.6 Å². The molecule has 0 radical (unpaired) electrons. The molecular weight excluding hydrogens is 316 g/mol. The molecule has 7 nitrogen and oxygen atoms in total. The van der Waals surface area contributed by atoms with Crippen LogP contribution in [0.5, 0.6) is 0 Å². The summed E-state index contributed by atoms with van der Waals surface area (Å²) >= 11 is 0. The molecule has 0 saturated carbocycles. The van der Waals surface area contributed by atoms with Gasteiger partial charge in [-0.15, -0.1) is 0 Å². The summed E-state index contributed by atoms with van der Waals surface area (Å²) in [7, 11) is 0. The van der Waals surface area contributed by atoms with E-state index in [0.717, 1.165) is 23.1 Å². The number of carbonyl (C=O) groups excluding carboxylic acids is 1.